The molecule has 0 radical (unpaired) electrons. The number of aromatic nitrogens is 1. The number of rotatable bonds is 3. The van der Waals surface area contributed by atoms with Gasteiger partial charge in [0, 0.05) is 22.7 Å². The largest absolute Gasteiger partial charge is 0.479 e. The van der Waals surface area contributed by atoms with Gasteiger partial charge < -0.3 is 20.3 Å². The van der Waals surface area contributed by atoms with Crippen LogP contribution >= 0.6 is 11.6 Å². The van der Waals surface area contributed by atoms with Gasteiger partial charge in [-0.3, -0.25) is 0 Å². The normalized spacial score (nSPS) is 14.8. The molecule has 0 aliphatic heterocycles. The number of aromatic amines is 1. The molecule has 0 amide bonds. The van der Waals surface area contributed by atoms with Gasteiger partial charge in [-0.25, -0.2) is 4.79 Å². The number of H-pyrrole nitrogens is 1. The Hall–Kier alpha value is -1.56. The highest BCUT2D eigenvalue weighted by atomic mass is 35.5. The average molecular weight is 256 g/mol. The number of nitrogens with one attached hydrogen (secondary N) is 1. The zero-order valence-electron chi connectivity index (χ0n) is 8.59. The number of hydrogen-bond acceptors (Lipinski definition) is 3. The molecule has 0 aliphatic rings. The summed E-state index contributed by atoms with van der Waals surface area (Å²) in [6, 6.07) is 5.09. The quantitative estimate of drug-likeness (QED) is 0.665. The number of aliphatic carboxylic acids is 1. The van der Waals surface area contributed by atoms with E-state index in [2.05, 4.69) is 4.98 Å². The van der Waals surface area contributed by atoms with Crippen LogP contribution in [0.3, 0.4) is 0 Å². The van der Waals surface area contributed by atoms with Crippen LogP contribution in [0, 0.1) is 0 Å². The monoisotopic (exact) mass is 255 g/mol. The summed E-state index contributed by atoms with van der Waals surface area (Å²) in [4.78, 5) is 13.5. The molecule has 0 bridgehead atoms. The van der Waals surface area contributed by atoms with Crippen LogP contribution in [0.2, 0.25) is 5.02 Å². The van der Waals surface area contributed by atoms with Crippen molar-refractivity contribution in [1.29, 1.82) is 0 Å². The Morgan fingerprint density at radius 3 is 2.71 bits per heavy atom. The maximum absolute atomic E-state index is 10.6. The fourth-order valence-electron chi connectivity index (χ4n) is 1.70. The minimum atomic E-state index is -1.88. The number of aliphatic hydroxyl groups is 2. The van der Waals surface area contributed by atoms with Crippen molar-refractivity contribution in [2.45, 2.75) is 12.2 Å². The second-order valence-corrected chi connectivity index (χ2v) is 4.04. The number of fused-ring (bicyclic) bond motifs is 1. The van der Waals surface area contributed by atoms with Crippen LogP contribution in [-0.4, -0.2) is 32.4 Å². The Balaban J connectivity index is 2.52. The van der Waals surface area contributed by atoms with E-state index in [1.807, 2.05) is 0 Å². The molecule has 6 heteroatoms. The summed E-state index contributed by atoms with van der Waals surface area (Å²) in [5.41, 5.74) is 0.935. The van der Waals surface area contributed by atoms with E-state index >= 15 is 0 Å². The van der Waals surface area contributed by atoms with Gasteiger partial charge in [-0.15, -0.1) is 0 Å². The van der Waals surface area contributed by atoms with Gasteiger partial charge in [-0.1, -0.05) is 17.7 Å². The highest BCUT2D eigenvalue weighted by Gasteiger charge is 2.27. The summed E-state index contributed by atoms with van der Waals surface area (Å²) in [5.74, 6) is -1.49. The fourth-order valence-corrected chi connectivity index (χ4v) is 1.99. The Labute approximate surface area is 101 Å². The van der Waals surface area contributed by atoms with Crippen LogP contribution in [0.1, 0.15) is 11.7 Å². The van der Waals surface area contributed by atoms with Crippen LogP contribution in [-0.2, 0) is 4.79 Å². The van der Waals surface area contributed by atoms with Gasteiger partial charge >= 0.3 is 5.97 Å². The Kier molecular flexibility index (Phi) is 3.06. The first-order valence-corrected chi connectivity index (χ1v) is 5.24. The highest BCUT2D eigenvalue weighted by Crippen LogP contribution is 2.31. The molecule has 2 unspecified atom stereocenters. The molecule has 0 saturated carbocycles. The number of halogens is 1. The molecule has 2 rings (SSSR count). The maximum atomic E-state index is 10.6. The van der Waals surface area contributed by atoms with Crippen LogP contribution in [0.4, 0.5) is 0 Å². The second-order valence-electron chi connectivity index (χ2n) is 3.63. The molecule has 1 heterocycles. The molecule has 17 heavy (non-hydrogen) atoms. The van der Waals surface area contributed by atoms with E-state index < -0.39 is 18.2 Å². The van der Waals surface area contributed by atoms with Crippen molar-refractivity contribution in [3.63, 3.8) is 0 Å². The van der Waals surface area contributed by atoms with Gasteiger partial charge in [-0.2, -0.15) is 0 Å². The number of carboxylic acids is 1. The van der Waals surface area contributed by atoms with E-state index in [0.29, 0.717) is 15.9 Å². The van der Waals surface area contributed by atoms with E-state index in [-0.39, 0.29) is 5.56 Å². The lowest BCUT2D eigenvalue weighted by Gasteiger charge is -2.13. The van der Waals surface area contributed by atoms with Gasteiger partial charge in [0.25, 0.3) is 0 Å². The Morgan fingerprint density at radius 1 is 1.35 bits per heavy atom. The molecule has 2 aromatic rings. The lowest BCUT2D eigenvalue weighted by Crippen LogP contribution is -2.27. The first-order valence-electron chi connectivity index (χ1n) is 4.87. The Bertz CT molecular complexity index is 566. The number of carbonyl (C=O) groups is 1. The molecule has 4 N–H and O–H groups in total. The first-order chi connectivity index (χ1) is 8.02. The van der Waals surface area contributed by atoms with Crippen molar-refractivity contribution in [2.75, 3.05) is 0 Å². The van der Waals surface area contributed by atoms with Gasteiger partial charge in [0.1, 0.15) is 6.10 Å². The van der Waals surface area contributed by atoms with E-state index in [4.69, 9.17) is 16.7 Å². The third-order valence-corrected chi connectivity index (χ3v) is 2.87. The molecule has 1 aromatic heterocycles. The molecule has 1 aromatic carbocycles. The molecule has 0 fully saturated rings. The van der Waals surface area contributed by atoms with E-state index in [1.165, 1.54) is 6.20 Å². The van der Waals surface area contributed by atoms with Gasteiger partial charge in [0.2, 0.25) is 0 Å². The van der Waals surface area contributed by atoms with Crippen LogP contribution in [0.5, 0.6) is 0 Å². The molecule has 90 valence electrons. The third kappa shape index (κ3) is 2.00. The average Bonchev–Trinajstić information content (AvgIpc) is 2.72. The Morgan fingerprint density at radius 2 is 2.06 bits per heavy atom. The van der Waals surface area contributed by atoms with Crippen molar-refractivity contribution in [2.24, 2.45) is 0 Å². The van der Waals surface area contributed by atoms with Crippen molar-refractivity contribution in [3.05, 3.63) is 35.0 Å². The van der Waals surface area contributed by atoms with Crippen molar-refractivity contribution < 1.29 is 20.1 Å². The van der Waals surface area contributed by atoms with Gasteiger partial charge in [-0.05, 0) is 12.1 Å². The van der Waals surface area contributed by atoms with E-state index in [0.717, 1.165) is 0 Å². The van der Waals surface area contributed by atoms with Crippen molar-refractivity contribution >= 4 is 28.5 Å². The summed E-state index contributed by atoms with van der Waals surface area (Å²) >= 11 is 5.97. The minimum Gasteiger partial charge on any atom is -0.479 e. The zero-order valence-corrected chi connectivity index (χ0v) is 9.35. The maximum Gasteiger partial charge on any atom is 0.335 e. The zero-order chi connectivity index (χ0) is 12.6. The molecule has 0 spiro atoms. The summed E-state index contributed by atoms with van der Waals surface area (Å²) in [7, 11) is 0. The molecule has 0 aliphatic carbocycles. The SMILES string of the molecule is O=C(O)C(O)C(O)c1c[nH]c2cccc(Cl)c12. The predicted molar refractivity (Wildman–Crippen MR) is 61.9 cm³/mol. The summed E-state index contributed by atoms with van der Waals surface area (Å²) in [5, 5.41) is 28.6. The van der Waals surface area contributed by atoms with E-state index in [1.54, 1.807) is 18.2 Å². The topological polar surface area (TPSA) is 93.6 Å². The standard InChI is InChI=1S/C11H10ClNO4/c12-6-2-1-3-7-8(6)5(4-13-7)9(14)10(15)11(16)17/h1-4,9-10,13-15H,(H,16,17). The van der Waals surface area contributed by atoms with Crippen molar-refractivity contribution in [3.8, 4) is 0 Å². The number of hydrogen-bond donors (Lipinski definition) is 4. The second kappa shape index (κ2) is 4.37. The van der Waals surface area contributed by atoms with Crippen LogP contribution < -0.4 is 0 Å². The summed E-state index contributed by atoms with van der Waals surface area (Å²) < 4.78 is 0. The van der Waals surface area contributed by atoms with Crippen LogP contribution in [0.25, 0.3) is 10.9 Å². The number of aliphatic hydroxyl groups excluding tert-OH is 2. The third-order valence-electron chi connectivity index (χ3n) is 2.56. The molecular formula is C11H10ClNO4. The number of carboxylic acid groups (broad SMARTS) is 1. The van der Waals surface area contributed by atoms with Gasteiger partial charge in [0.15, 0.2) is 6.10 Å². The smallest absolute Gasteiger partial charge is 0.335 e. The van der Waals surface area contributed by atoms with Crippen LogP contribution in [0.15, 0.2) is 24.4 Å². The first kappa shape index (κ1) is 11.9. The lowest BCUT2D eigenvalue weighted by molar-refractivity contribution is -0.153. The molecular weight excluding hydrogens is 246 g/mol. The summed E-state index contributed by atoms with van der Waals surface area (Å²) in [6.07, 6.45) is -1.97. The highest BCUT2D eigenvalue weighted by molar-refractivity contribution is 6.35. The number of benzene rings is 1. The molecule has 5 nitrogen and oxygen atoms in total. The van der Waals surface area contributed by atoms with Crippen molar-refractivity contribution in [1.82, 2.24) is 4.98 Å². The minimum absolute atomic E-state index is 0.264. The van der Waals surface area contributed by atoms with E-state index in [9.17, 15) is 15.0 Å². The fraction of sp³-hybridized carbons (Fsp3) is 0.182. The molecule has 0 saturated heterocycles. The summed E-state index contributed by atoms with van der Waals surface area (Å²) in [6.45, 7) is 0. The van der Waals surface area contributed by atoms with Gasteiger partial charge in [0.05, 0.1) is 5.02 Å². The lowest BCUT2D eigenvalue weighted by atomic mass is 10.0. The molecule has 2 atom stereocenters. The predicted octanol–water partition coefficient (Wildman–Crippen LogP) is 1.30.